The molecule has 0 unspecified atom stereocenters. The number of rotatable bonds is 0. The Morgan fingerprint density at radius 2 is 1.00 bits per heavy atom. The molecule has 37 valence electrons. The standard InChI is InChI=1S/2Co.Li.Mn.Ni.H/q;;+1;;;-1. The van der Waals surface area contributed by atoms with E-state index < -0.39 is 0 Å². The molecular weight excluding hydrogens is 238 g/mol. The van der Waals surface area contributed by atoms with Crippen molar-refractivity contribution >= 4 is 0 Å². The van der Waals surface area contributed by atoms with Gasteiger partial charge in [-0.05, 0) is 0 Å². The Kier molecular flexibility index (Phi) is 296. The van der Waals surface area contributed by atoms with Gasteiger partial charge in [-0.1, -0.05) is 0 Å². The van der Waals surface area contributed by atoms with E-state index in [0.717, 1.165) is 0 Å². The minimum atomic E-state index is 0. The number of hydrogen-bond acceptors (Lipinski definition) is 0. The zero-order valence-electron chi connectivity index (χ0n) is 3.36. The van der Waals surface area contributed by atoms with Crippen LogP contribution in [0.5, 0.6) is 0 Å². The quantitative estimate of drug-likeness (QED) is 0.398. The van der Waals surface area contributed by atoms with Crippen LogP contribution in [0.1, 0.15) is 1.43 Å². The van der Waals surface area contributed by atoms with Crippen molar-refractivity contribution in [1.29, 1.82) is 0 Å². The van der Waals surface area contributed by atoms with Gasteiger partial charge in [0.25, 0.3) is 0 Å². The molecule has 0 N–H and O–H groups in total. The van der Waals surface area contributed by atoms with Crippen molar-refractivity contribution in [2.45, 2.75) is 0 Å². The maximum Gasteiger partial charge on any atom is 1.00 e. The first-order chi connectivity index (χ1) is 0. The predicted molar refractivity (Wildman–Crippen MR) is 1.11 cm³/mol. The summed E-state index contributed by atoms with van der Waals surface area (Å²) >= 11 is 0. The van der Waals surface area contributed by atoms with Crippen molar-refractivity contribution in [1.82, 2.24) is 0 Å². The van der Waals surface area contributed by atoms with Crippen LogP contribution < -0.4 is 18.9 Å². The zero-order valence-corrected chi connectivity index (χ0v) is 6.61. The van der Waals surface area contributed by atoms with Gasteiger partial charge in [-0.15, -0.1) is 0 Å². The van der Waals surface area contributed by atoms with Crippen LogP contribution in [0.25, 0.3) is 0 Å². The van der Waals surface area contributed by atoms with Gasteiger partial charge in [0.1, 0.15) is 0 Å². The fourth-order valence-electron chi connectivity index (χ4n) is 0. The first-order valence-corrected chi connectivity index (χ1v) is 0. The smallest absolute Gasteiger partial charge is 1.00 e. The molecule has 0 aliphatic heterocycles. The maximum absolute atomic E-state index is 0. The van der Waals surface area contributed by atoms with Crippen molar-refractivity contribution < 1.29 is 87.4 Å². The van der Waals surface area contributed by atoms with E-state index in [1.54, 1.807) is 0 Å². The van der Waals surface area contributed by atoms with Crippen LogP contribution in [-0.2, 0) is 67.1 Å². The third-order valence-corrected chi connectivity index (χ3v) is 0. The third-order valence-electron chi connectivity index (χ3n) is 0. The molecule has 5 heavy (non-hydrogen) atoms. The van der Waals surface area contributed by atoms with E-state index >= 15 is 0 Å². The van der Waals surface area contributed by atoms with E-state index in [4.69, 9.17) is 0 Å². The van der Waals surface area contributed by atoms with E-state index in [-0.39, 0.29) is 87.4 Å². The molecule has 0 amide bonds. The predicted octanol–water partition coefficient (Wildman–Crippen LogP) is -2.89. The molecule has 0 aromatic carbocycles. The topological polar surface area (TPSA) is 0 Å². The Morgan fingerprint density at radius 3 is 1.00 bits per heavy atom. The first kappa shape index (κ1) is 48.6. The van der Waals surface area contributed by atoms with Gasteiger partial charge in [0.2, 0.25) is 0 Å². The summed E-state index contributed by atoms with van der Waals surface area (Å²) in [6.45, 7) is 0. The largest absolute Gasteiger partial charge is 1.00 e. The fourth-order valence-corrected chi connectivity index (χ4v) is 0. The Morgan fingerprint density at radius 1 is 1.00 bits per heavy atom. The second-order valence-corrected chi connectivity index (χ2v) is 0. The summed E-state index contributed by atoms with van der Waals surface area (Å²) in [5, 5.41) is 0. The minimum Gasteiger partial charge on any atom is -1.00 e. The molecule has 0 spiro atoms. The average molecular weight is 239 g/mol. The van der Waals surface area contributed by atoms with Gasteiger partial charge in [0.15, 0.2) is 0 Å². The summed E-state index contributed by atoms with van der Waals surface area (Å²) in [5.74, 6) is 0. The molecule has 0 fully saturated rings. The molecule has 0 rings (SSSR count). The summed E-state index contributed by atoms with van der Waals surface area (Å²) < 4.78 is 0. The van der Waals surface area contributed by atoms with Gasteiger partial charge < -0.3 is 1.43 Å². The molecule has 0 aromatic heterocycles. The van der Waals surface area contributed by atoms with Crippen LogP contribution in [0.15, 0.2) is 0 Å². The fraction of sp³-hybridized carbons (Fsp3) is 0. The van der Waals surface area contributed by atoms with E-state index in [9.17, 15) is 0 Å². The van der Waals surface area contributed by atoms with Crippen molar-refractivity contribution in [3.63, 3.8) is 0 Å². The summed E-state index contributed by atoms with van der Waals surface area (Å²) in [5.41, 5.74) is 0. The zero-order chi connectivity index (χ0) is 0. The summed E-state index contributed by atoms with van der Waals surface area (Å²) in [7, 11) is 0. The van der Waals surface area contributed by atoms with Gasteiger partial charge in [0.05, 0.1) is 0 Å². The normalized spacial score (nSPS) is 0. The average Bonchev–Trinajstić information content (AvgIpc) is 0. The molecule has 5 heteroatoms. The van der Waals surface area contributed by atoms with Crippen molar-refractivity contribution in [3.05, 3.63) is 0 Å². The molecule has 0 bridgehead atoms. The van der Waals surface area contributed by atoms with Crippen molar-refractivity contribution in [3.8, 4) is 0 Å². The van der Waals surface area contributed by atoms with Crippen LogP contribution in [0.3, 0.4) is 0 Å². The van der Waals surface area contributed by atoms with Crippen LogP contribution in [0, 0.1) is 0 Å². The molecule has 0 aliphatic rings. The van der Waals surface area contributed by atoms with E-state index in [1.807, 2.05) is 0 Å². The van der Waals surface area contributed by atoms with Crippen LogP contribution in [0.4, 0.5) is 0 Å². The number of hydrogen-bond donors (Lipinski definition) is 0. The van der Waals surface area contributed by atoms with Crippen LogP contribution in [-0.4, -0.2) is 0 Å². The Hall–Kier alpha value is 2.62. The molecule has 0 nitrogen and oxygen atoms in total. The van der Waals surface area contributed by atoms with Gasteiger partial charge in [-0.25, -0.2) is 0 Å². The molecule has 0 aromatic rings. The molecule has 0 saturated carbocycles. The second-order valence-electron chi connectivity index (χ2n) is 0. The van der Waals surface area contributed by atoms with E-state index in [1.165, 1.54) is 0 Å². The van der Waals surface area contributed by atoms with Crippen LogP contribution >= 0.6 is 0 Å². The first-order valence-electron chi connectivity index (χ1n) is 0. The van der Waals surface area contributed by atoms with Gasteiger partial charge in [-0.2, -0.15) is 0 Å². The molecule has 0 saturated heterocycles. The third kappa shape index (κ3) is 20.6. The Labute approximate surface area is 86.4 Å². The summed E-state index contributed by atoms with van der Waals surface area (Å²) in [4.78, 5) is 0. The molecule has 0 aliphatic carbocycles. The SMILES string of the molecule is [Co].[Co].[H-].[Li+].[Mn].[Ni]. The van der Waals surface area contributed by atoms with Gasteiger partial charge in [0, 0.05) is 67.1 Å². The Bertz CT molecular complexity index is 13.5. The summed E-state index contributed by atoms with van der Waals surface area (Å²) in [6.07, 6.45) is 0. The maximum atomic E-state index is 0. The molecule has 0 atom stereocenters. The van der Waals surface area contributed by atoms with Crippen molar-refractivity contribution in [2.24, 2.45) is 0 Å². The minimum absolute atomic E-state index is 0. The van der Waals surface area contributed by atoms with Gasteiger partial charge in [-0.3, -0.25) is 0 Å². The Balaban J connectivity index is 0. The second kappa shape index (κ2) is 30.4. The van der Waals surface area contributed by atoms with E-state index in [0.29, 0.717) is 0 Å². The van der Waals surface area contributed by atoms with Gasteiger partial charge >= 0.3 is 18.9 Å². The summed E-state index contributed by atoms with van der Waals surface area (Å²) in [6, 6.07) is 0. The molecule has 3 radical (unpaired) electrons. The monoisotopic (exact) mass is 239 g/mol. The van der Waals surface area contributed by atoms with Crippen molar-refractivity contribution in [2.75, 3.05) is 0 Å². The van der Waals surface area contributed by atoms with E-state index in [2.05, 4.69) is 0 Å². The molecular formula is HCo2LiMnNi. The van der Waals surface area contributed by atoms with Crippen LogP contribution in [0.2, 0.25) is 0 Å². The molecule has 0 heterocycles.